The molecule has 0 saturated heterocycles. The van der Waals surface area contributed by atoms with Crippen molar-refractivity contribution >= 4 is 11.6 Å². The number of fused-ring (bicyclic) bond motifs is 1. The van der Waals surface area contributed by atoms with Crippen molar-refractivity contribution in [3.63, 3.8) is 0 Å². The molecule has 1 aliphatic heterocycles. The Bertz CT molecular complexity index is 616. The van der Waals surface area contributed by atoms with Crippen molar-refractivity contribution in [3.05, 3.63) is 47.3 Å². The third-order valence-corrected chi connectivity index (χ3v) is 3.00. The van der Waals surface area contributed by atoms with Crippen LogP contribution >= 0.6 is 0 Å². The fraction of sp³-hybridized carbons (Fsp3) is 0.231. The molecule has 0 saturated carbocycles. The summed E-state index contributed by atoms with van der Waals surface area (Å²) in [6, 6.07) is 6.25. The first-order valence-electron chi connectivity index (χ1n) is 6.01. The number of nitrogens with zero attached hydrogens (tertiary/aromatic N) is 2. The highest BCUT2D eigenvalue weighted by Crippen LogP contribution is 2.26. The molecule has 0 spiro atoms. The second-order valence-electron chi connectivity index (χ2n) is 4.33. The molecule has 0 radical (unpaired) electrons. The molecule has 4 nitrogen and oxygen atoms in total. The fourth-order valence-corrected chi connectivity index (χ4v) is 2.12. The van der Waals surface area contributed by atoms with Crippen LogP contribution in [-0.2, 0) is 13.0 Å². The molecule has 1 aliphatic rings. The lowest BCUT2D eigenvalue weighted by molar-refractivity contribution is 0.541. The maximum absolute atomic E-state index is 13.3. The quantitative estimate of drug-likeness (QED) is 0.834. The first-order valence-corrected chi connectivity index (χ1v) is 6.01. The summed E-state index contributed by atoms with van der Waals surface area (Å²) in [5.74, 6) is 0.714. The van der Waals surface area contributed by atoms with E-state index in [4.69, 9.17) is 0 Å². The third-order valence-electron chi connectivity index (χ3n) is 3.00. The Morgan fingerprint density at radius 1 is 1.26 bits per heavy atom. The fourth-order valence-electron chi connectivity index (χ4n) is 2.12. The van der Waals surface area contributed by atoms with Gasteiger partial charge in [-0.15, -0.1) is 0 Å². The Morgan fingerprint density at radius 2 is 2.16 bits per heavy atom. The average molecular weight is 262 g/mol. The second-order valence-corrected chi connectivity index (χ2v) is 4.33. The Hall–Kier alpha value is -2.24. The van der Waals surface area contributed by atoms with E-state index in [2.05, 4.69) is 20.6 Å². The van der Waals surface area contributed by atoms with E-state index in [1.807, 2.05) is 0 Å². The summed E-state index contributed by atoms with van der Waals surface area (Å²) in [6.45, 7) is 1.11. The summed E-state index contributed by atoms with van der Waals surface area (Å²) in [4.78, 5) is 7.45. The zero-order chi connectivity index (χ0) is 13.2. The van der Waals surface area contributed by atoms with Crippen LogP contribution in [0.15, 0.2) is 24.3 Å². The van der Waals surface area contributed by atoms with E-state index in [9.17, 15) is 8.78 Å². The standard InChI is InChI=1S/C13H12F2N4/c14-9-3-1-2-8(6-9)7-17-12-10-4-5-16-11(10)18-13(15)19-12/h1-3,6H,4-5,7H2,(H2,16,17,18,19). The number of nitrogens with one attached hydrogen (secondary N) is 2. The van der Waals surface area contributed by atoms with Gasteiger partial charge in [0, 0.05) is 18.7 Å². The number of hydrogen-bond donors (Lipinski definition) is 2. The molecule has 2 aromatic rings. The molecule has 0 amide bonds. The maximum Gasteiger partial charge on any atom is 0.312 e. The van der Waals surface area contributed by atoms with Crippen LogP contribution in [0.3, 0.4) is 0 Å². The minimum Gasteiger partial charge on any atom is -0.369 e. The number of benzene rings is 1. The zero-order valence-electron chi connectivity index (χ0n) is 10.1. The largest absolute Gasteiger partial charge is 0.369 e. The van der Waals surface area contributed by atoms with E-state index in [1.165, 1.54) is 12.1 Å². The number of halogens is 2. The summed E-state index contributed by atoms with van der Waals surface area (Å²) < 4.78 is 26.3. The Balaban J connectivity index is 1.81. The predicted molar refractivity (Wildman–Crippen MR) is 67.9 cm³/mol. The molecule has 0 fully saturated rings. The molecule has 19 heavy (non-hydrogen) atoms. The summed E-state index contributed by atoms with van der Waals surface area (Å²) in [7, 11) is 0. The van der Waals surface area contributed by atoms with Gasteiger partial charge in [0.2, 0.25) is 0 Å². The molecule has 6 heteroatoms. The van der Waals surface area contributed by atoms with Crippen molar-refractivity contribution in [2.45, 2.75) is 13.0 Å². The van der Waals surface area contributed by atoms with E-state index in [1.54, 1.807) is 12.1 Å². The van der Waals surface area contributed by atoms with Gasteiger partial charge >= 0.3 is 6.08 Å². The second kappa shape index (κ2) is 4.79. The Labute approximate surface area is 108 Å². The average Bonchev–Trinajstić information content (AvgIpc) is 2.84. The summed E-state index contributed by atoms with van der Waals surface area (Å²) in [6.07, 6.45) is -0.0175. The minimum absolute atomic E-state index is 0.292. The minimum atomic E-state index is -0.769. The normalized spacial score (nSPS) is 12.9. The van der Waals surface area contributed by atoms with E-state index in [0.29, 0.717) is 18.2 Å². The van der Waals surface area contributed by atoms with Gasteiger partial charge in [0.25, 0.3) is 0 Å². The van der Waals surface area contributed by atoms with E-state index >= 15 is 0 Å². The summed E-state index contributed by atoms with van der Waals surface area (Å²) >= 11 is 0. The highest BCUT2D eigenvalue weighted by molar-refractivity contribution is 5.60. The molecule has 2 N–H and O–H groups in total. The molecule has 0 aliphatic carbocycles. The predicted octanol–water partition coefficient (Wildman–Crippen LogP) is 2.33. The van der Waals surface area contributed by atoms with Crippen molar-refractivity contribution in [1.29, 1.82) is 0 Å². The van der Waals surface area contributed by atoms with Gasteiger partial charge in [-0.2, -0.15) is 14.4 Å². The SMILES string of the molecule is Fc1cccc(CNc2nc(F)nc3c2CCN3)c1. The van der Waals surface area contributed by atoms with E-state index in [-0.39, 0.29) is 5.82 Å². The number of aromatic nitrogens is 2. The highest BCUT2D eigenvalue weighted by atomic mass is 19.1. The van der Waals surface area contributed by atoms with Gasteiger partial charge in [-0.05, 0) is 24.1 Å². The molecule has 1 aromatic carbocycles. The van der Waals surface area contributed by atoms with E-state index in [0.717, 1.165) is 24.1 Å². The lowest BCUT2D eigenvalue weighted by Crippen LogP contribution is -2.07. The van der Waals surface area contributed by atoms with Gasteiger partial charge in [0.15, 0.2) is 0 Å². The molecule has 0 unspecified atom stereocenters. The van der Waals surface area contributed by atoms with E-state index < -0.39 is 6.08 Å². The van der Waals surface area contributed by atoms with Crippen LogP contribution in [0, 0.1) is 11.9 Å². The number of rotatable bonds is 3. The van der Waals surface area contributed by atoms with Crippen molar-refractivity contribution < 1.29 is 8.78 Å². The van der Waals surface area contributed by atoms with Crippen LogP contribution < -0.4 is 10.6 Å². The molecule has 3 rings (SSSR count). The van der Waals surface area contributed by atoms with Gasteiger partial charge < -0.3 is 10.6 Å². The topological polar surface area (TPSA) is 49.8 Å². The Morgan fingerprint density at radius 3 is 3.00 bits per heavy atom. The first kappa shape index (κ1) is 11.8. The van der Waals surface area contributed by atoms with Crippen molar-refractivity contribution in [2.75, 3.05) is 17.2 Å². The van der Waals surface area contributed by atoms with Gasteiger partial charge in [0.05, 0.1) is 0 Å². The van der Waals surface area contributed by atoms with Crippen molar-refractivity contribution in [1.82, 2.24) is 9.97 Å². The van der Waals surface area contributed by atoms with Crippen molar-refractivity contribution in [3.8, 4) is 0 Å². The van der Waals surface area contributed by atoms with Crippen LogP contribution in [0.4, 0.5) is 20.4 Å². The smallest absolute Gasteiger partial charge is 0.312 e. The molecule has 1 aromatic heterocycles. The monoisotopic (exact) mass is 262 g/mol. The molecule has 98 valence electrons. The van der Waals surface area contributed by atoms with Gasteiger partial charge in [-0.25, -0.2) is 4.39 Å². The lowest BCUT2D eigenvalue weighted by Gasteiger charge is -2.09. The first-order chi connectivity index (χ1) is 9.22. The van der Waals surface area contributed by atoms with Gasteiger partial charge in [-0.1, -0.05) is 12.1 Å². The molecular formula is C13H12F2N4. The maximum atomic E-state index is 13.3. The van der Waals surface area contributed by atoms with Gasteiger partial charge in [-0.3, -0.25) is 0 Å². The summed E-state index contributed by atoms with van der Waals surface area (Å²) in [5, 5.41) is 6.03. The molecule has 0 bridgehead atoms. The Kier molecular flexibility index (Phi) is 2.98. The number of anilines is 2. The zero-order valence-corrected chi connectivity index (χ0v) is 10.1. The third kappa shape index (κ3) is 2.47. The summed E-state index contributed by atoms with van der Waals surface area (Å²) in [5.41, 5.74) is 1.65. The van der Waals surface area contributed by atoms with Crippen LogP contribution in [-0.4, -0.2) is 16.5 Å². The molecular weight excluding hydrogens is 250 g/mol. The lowest BCUT2D eigenvalue weighted by atomic mass is 10.2. The van der Waals surface area contributed by atoms with Crippen LogP contribution in [0.2, 0.25) is 0 Å². The number of hydrogen-bond acceptors (Lipinski definition) is 4. The van der Waals surface area contributed by atoms with Crippen LogP contribution in [0.1, 0.15) is 11.1 Å². The van der Waals surface area contributed by atoms with Crippen LogP contribution in [0.5, 0.6) is 0 Å². The van der Waals surface area contributed by atoms with Crippen LogP contribution in [0.25, 0.3) is 0 Å². The van der Waals surface area contributed by atoms with Crippen molar-refractivity contribution in [2.24, 2.45) is 0 Å². The van der Waals surface area contributed by atoms with Gasteiger partial charge in [0.1, 0.15) is 17.5 Å². The molecule has 2 heterocycles. The molecule has 0 atom stereocenters. The highest BCUT2D eigenvalue weighted by Gasteiger charge is 2.18.